The van der Waals surface area contributed by atoms with Crippen molar-refractivity contribution >= 4 is 23.3 Å². The number of hydrogen-bond acceptors (Lipinski definition) is 5. The minimum Gasteiger partial charge on any atom is -0.472 e. The van der Waals surface area contributed by atoms with Gasteiger partial charge >= 0.3 is 0 Å². The lowest BCUT2D eigenvalue weighted by atomic mass is 9.94. The molecule has 3 rings (SSSR count). The molecule has 0 aromatic carbocycles. The number of hydrogen-bond donors (Lipinski definition) is 2. The van der Waals surface area contributed by atoms with Crippen LogP contribution in [0, 0.1) is 0 Å². The summed E-state index contributed by atoms with van der Waals surface area (Å²) in [6, 6.07) is 8.85. The van der Waals surface area contributed by atoms with E-state index in [1.54, 1.807) is 24.3 Å². The molecule has 6 heteroatoms. The molecule has 1 amide bonds. The first-order valence-electron chi connectivity index (χ1n) is 6.97. The van der Waals surface area contributed by atoms with Crippen molar-refractivity contribution in [3.63, 3.8) is 0 Å². The van der Waals surface area contributed by atoms with E-state index in [9.17, 15) is 9.90 Å². The molecule has 0 saturated heterocycles. The van der Waals surface area contributed by atoms with E-state index >= 15 is 0 Å². The predicted octanol–water partition coefficient (Wildman–Crippen LogP) is 3.00. The molecule has 0 fully saturated rings. The molecular formula is C17H15NO4S. The topological polar surface area (TPSA) is 75.6 Å². The number of carbonyl (C=O) groups is 1. The number of nitrogens with one attached hydrogen (secondary N) is 1. The minimum absolute atomic E-state index is 0.0361. The summed E-state index contributed by atoms with van der Waals surface area (Å²) in [7, 11) is 0. The van der Waals surface area contributed by atoms with Crippen LogP contribution >= 0.6 is 11.3 Å². The summed E-state index contributed by atoms with van der Waals surface area (Å²) in [4.78, 5) is 12.7. The molecule has 3 aromatic rings. The second-order valence-electron chi connectivity index (χ2n) is 4.92. The van der Waals surface area contributed by atoms with Crippen molar-refractivity contribution < 1.29 is 18.7 Å². The van der Waals surface area contributed by atoms with E-state index in [0.29, 0.717) is 11.3 Å². The lowest BCUT2D eigenvalue weighted by Gasteiger charge is -2.26. The zero-order valence-corrected chi connectivity index (χ0v) is 13.0. The maximum Gasteiger partial charge on any atom is 0.244 e. The fourth-order valence-electron chi connectivity index (χ4n) is 2.16. The van der Waals surface area contributed by atoms with Crippen LogP contribution in [0.1, 0.15) is 16.2 Å². The highest BCUT2D eigenvalue weighted by molar-refractivity contribution is 7.10. The van der Waals surface area contributed by atoms with Crippen molar-refractivity contribution in [1.29, 1.82) is 0 Å². The van der Waals surface area contributed by atoms with Gasteiger partial charge in [-0.05, 0) is 35.7 Å². The Morgan fingerprint density at radius 2 is 2.22 bits per heavy atom. The van der Waals surface area contributed by atoms with Gasteiger partial charge in [0.25, 0.3) is 0 Å². The second-order valence-corrected chi connectivity index (χ2v) is 5.86. The van der Waals surface area contributed by atoms with Gasteiger partial charge in [-0.15, -0.1) is 11.3 Å². The van der Waals surface area contributed by atoms with Gasteiger partial charge in [-0.2, -0.15) is 0 Å². The van der Waals surface area contributed by atoms with E-state index in [1.165, 1.54) is 36.2 Å². The molecule has 5 nitrogen and oxygen atoms in total. The van der Waals surface area contributed by atoms with E-state index < -0.39 is 5.60 Å². The molecule has 0 aliphatic carbocycles. The summed E-state index contributed by atoms with van der Waals surface area (Å²) in [6.07, 6.45) is 7.43. The maximum absolute atomic E-state index is 12.0. The van der Waals surface area contributed by atoms with Gasteiger partial charge in [0.15, 0.2) is 0 Å². The molecule has 0 radical (unpaired) electrons. The van der Waals surface area contributed by atoms with Gasteiger partial charge in [-0.1, -0.05) is 6.07 Å². The Hall–Kier alpha value is -2.57. The molecule has 3 heterocycles. The molecule has 0 saturated carbocycles. The standard InChI is InChI=1S/C17H15NO4S/c19-16(6-5-14-3-1-8-22-14)18-12-17(20,13-7-9-21-11-13)15-4-2-10-23-15/h1-11,20H,12H2,(H,18,19). The van der Waals surface area contributed by atoms with Gasteiger partial charge in [0.1, 0.15) is 11.4 Å². The number of rotatable bonds is 6. The number of furan rings is 2. The SMILES string of the molecule is O=C(C=Cc1ccco1)NCC(O)(c1ccoc1)c1cccs1. The molecule has 1 atom stereocenters. The third kappa shape index (κ3) is 3.44. The van der Waals surface area contributed by atoms with Gasteiger partial charge in [-0.3, -0.25) is 4.79 Å². The highest BCUT2D eigenvalue weighted by Gasteiger charge is 2.34. The molecule has 3 aromatic heterocycles. The van der Waals surface area contributed by atoms with Crippen molar-refractivity contribution in [2.45, 2.75) is 5.60 Å². The van der Waals surface area contributed by atoms with Crippen molar-refractivity contribution in [3.8, 4) is 0 Å². The van der Waals surface area contributed by atoms with E-state index in [-0.39, 0.29) is 12.5 Å². The third-order valence-electron chi connectivity index (χ3n) is 3.39. The Balaban J connectivity index is 1.71. The molecule has 0 aliphatic heterocycles. The summed E-state index contributed by atoms with van der Waals surface area (Å²) in [5.41, 5.74) is -0.731. The molecule has 118 valence electrons. The van der Waals surface area contributed by atoms with E-state index in [4.69, 9.17) is 8.83 Å². The zero-order chi connectivity index (χ0) is 16.1. The van der Waals surface area contributed by atoms with Gasteiger partial charge in [0.05, 0.1) is 25.3 Å². The summed E-state index contributed by atoms with van der Waals surface area (Å²) in [5.74, 6) is 0.267. The summed E-state index contributed by atoms with van der Waals surface area (Å²) < 4.78 is 10.2. The number of thiophene rings is 1. The summed E-state index contributed by atoms with van der Waals surface area (Å²) in [5, 5.41) is 15.6. The zero-order valence-electron chi connectivity index (χ0n) is 12.1. The normalized spacial score (nSPS) is 14.0. The molecule has 0 bridgehead atoms. The molecule has 0 spiro atoms. The quantitative estimate of drug-likeness (QED) is 0.682. The predicted molar refractivity (Wildman–Crippen MR) is 86.8 cm³/mol. The van der Waals surface area contributed by atoms with Crippen LogP contribution in [0.4, 0.5) is 0 Å². The largest absolute Gasteiger partial charge is 0.472 e. The molecule has 1 unspecified atom stereocenters. The van der Waals surface area contributed by atoms with Gasteiger partial charge < -0.3 is 19.3 Å². The van der Waals surface area contributed by atoms with E-state index in [2.05, 4.69) is 5.32 Å². The van der Waals surface area contributed by atoms with Crippen LogP contribution in [0.2, 0.25) is 0 Å². The van der Waals surface area contributed by atoms with Crippen molar-refractivity contribution in [3.05, 3.63) is 76.8 Å². The molecular weight excluding hydrogens is 314 g/mol. The van der Waals surface area contributed by atoms with Gasteiger partial charge in [0.2, 0.25) is 5.91 Å². The van der Waals surface area contributed by atoms with Gasteiger partial charge in [0, 0.05) is 16.5 Å². The Labute approximate surface area is 136 Å². The second kappa shape index (κ2) is 6.68. The van der Waals surface area contributed by atoms with Crippen LogP contribution in [0.25, 0.3) is 6.08 Å². The monoisotopic (exact) mass is 329 g/mol. The highest BCUT2D eigenvalue weighted by Crippen LogP contribution is 2.32. The minimum atomic E-state index is -1.32. The van der Waals surface area contributed by atoms with Crippen LogP contribution in [-0.4, -0.2) is 17.6 Å². The van der Waals surface area contributed by atoms with Crippen LogP contribution in [0.15, 0.2) is 69.4 Å². The van der Waals surface area contributed by atoms with E-state index in [0.717, 1.165) is 4.88 Å². The number of amides is 1. The van der Waals surface area contributed by atoms with Crippen LogP contribution in [-0.2, 0) is 10.4 Å². The molecule has 2 N–H and O–H groups in total. The fourth-order valence-corrected chi connectivity index (χ4v) is 3.01. The summed E-state index contributed by atoms with van der Waals surface area (Å²) >= 11 is 1.42. The average Bonchev–Trinajstić information content (AvgIpc) is 3.33. The Kier molecular flexibility index (Phi) is 4.45. The van der Waals surface area contributed by atoms with E-state index in [1.807, 2.05) is 17.5 Å². The molecule has 23 heavy (non-hydrogen) atoms. The maximum atomic E-state index is 12.0. The van der Waals surface area contributed by atoms with Crippen molar-refractivity contribution in [2.75, 3.05) is 6.54 Å². The number of aliphatic hydroxyl groups is 1. The first kappa shape index (κ1) is 15.3. The van der Waals surface area contributed by atoms with Crippen LogP contribution in [0.5, 0.6) is 0 Å². The Bertz CT molecular complexity index is 724. The summed E-state index contributed by atoms with van der Waals surface area (Å²) in [6.45, 7) is 0.0361. The van der Waals surface area contributed by atoms with Gasteiger partial charge in [-0.25, -0.2) is 0 Å². The number of carbonyl (C=O) groups excluding carboxylic acids is 1. The first-order chi connectivity index (χ1) is 11.2. The van der Waals surface area contributed by atoms with Crippen LogP contribution in [0.3, 0.4) is 0 Å². The third-order valence-corrected chi connectivity index (χ3v) is 4.41. The molecule has 0 aliphatic rings. The highest BCUT2D eigenvalue weighted by atomic mass is 32.1. The smallest absolute Gasteiger partial charge is 0.244 e. The Morgan fingerprint density at radius 3 is 2.87 bits per heavy atom. The van der Waals surface area contributed by atoms with Crippen LogP contribution < -0.4 is 5.32 Å². The Morgan fingerprint density at radius 1 is 1.30 bits per heavy atom. The van der Waals surface area contributed by atoms with Crippen molar-refractivity contribution in [2.24, 2.45) is 0 Å². The lowest BCUT2D eigenvalue weighted by molar-refractivity contribution is -0.117. The van der Waals surface area contributed by atoms with Crippen molar-refractivity contribution in [1.82, 2.24) is 5.32 Å². The lowest BCUT2D eigenvalue weighted by Crippen LogP contribution is -2.40. The first-order valence-corrected chi connectivity index (χ1v) is 7.85. The average molecular weight is 329 g/mol. The fraction of sp³-hybridized carbons (Fsp3) is 0.118.